The summed E-state index contributed by atoms with van der Waals surface area (Å²) in [5.74, 6) is -0.0258. The van der Waals surface area contributed by atoms with Gasteiger partial charge in [-0.25, -0.2) is 0 Å². The fourth-order valence-electron chi connectivity index (χ4n) is 2.74. The van der Waals surface area contributed by atoms with Crippen LogP contribution in [0.4, 0.5) is 0 Å². The lowest BCUT2D eigenvalue weighted by Crippen LogP contribution is -2.05. The van der Waals surface area contributed by atoms with Crippen LogP contribution in [0.5, 0.6) is 0 Å². The van der Waals surface area contributed by atoms with E-state index in [1.54, 1.807) is 0 Å². The highest BCUT2D eigenvalue weighted by Crippen LogP contribution is 2.11. The molecule has 0 aliphatic carbocycles. The highest BCUT2D eigenvalue weighted by Gasteiger charge is 2.00. The molecule has 0 aromatic rings. The highest BCUT2D eigenvalue weighted by molar-refractivity contribution is 5.69. The smallest absolute Gasteiger partial charge is 0.305 e. The van der Waals surface area contributed by atoms with Gasteiger partial charge in [0.1, 0.15) is 0 Å². The molecule has 0 atom stereocenters. The molecule has 2 heteroatoms. The van der Waals surface area contributed by atoms with Gasteiger partial charge in [-0.3, -0.25) is 4.79 Å². The molecule has 142 valence electrons. The predicted octanol–water partition coefficient (Wildman–Crippen LogP) is 7.37. The van der Waals surface area contributed by atoms with Gasteiger partial charge in [0.2, 0.25) is 0 Å². The van der Waals surface area contributed by atoms with Gasteiger partial charge in [-0.15, -0.1) is 0 Å². The molecular formula is C22H42O2. The molecule has 0 aromatic heterocycles. The first-order valence-electron chi connectivity index (χ1n) is 10.6. The van der Waals surface area contributed by atoms with Crippen LogP contribution in [-0.4, -0.2) is 12.6 Å². The van der Waals surface area contributed by atoms with Crippen LogP contribution in [0.15, 0.2) is 12.2 Å². The first-order chi connectivity index (χ1) is 11.8. The van der Waals surface area contributed by atoms with Crippen LogP contribution in [-0.2, 0) is 9.53 Å². The topological polar surface area (TPSA) is 26.3 Å². The summed E-state index contributed by atoms with van der Waals surface area (Å²) in [6.07, 6.45) is 24.2. The molecule has 0 radical (unpaired) electrons. The van der Waals surface area contributed by atoms with Crippen molar-refractivity contribution in [3.05, 3.63) is 12.2 Å². The van der Waals surface area contributed by atoms with Gasteiger partial charge in [0, 0.05) is 6.42 Å². The first-order valence-corrected chi connectivity index (χ1v) is 10.6. The van der Waals surface area contributed by atoms with Crippen molar-refractivity contribution in [1.29, 1.82) is 0 Å². The minimum atomic E-state index is -0.0258. The number of ether oxygens (including phenoxy) is 1. The van der Waals surface area contributed by atoms with Crippen molar-refractivity contribution in [2.75, 3.05) is 6.61 Å². The molecule has 0 heterocycles. The molecule has 0 spiro atoms. The number of carbonyl (C=O) groups is 1. The van der Waals surface area contributed by atoms with E-state index in [1.165, 1.54) is 64.2 Å². The van der Waals surface area contributed by atoms with Gasteiger partial charge in [0.15, 0.2) is 0 Å². The standard InChI is InChI=1S/C22H42O2/c1-3-5-7-8-9-10-11-12-13-14-15-16-17-18-19-20-22(23)24-21-6-4-2/h15-16H,3-14,17-21H2,1-2H3/b16-15-. The SMILES string of the molecule is CCCCCCCCCCC/C=C\CCCCC(=O)OCCCC. The number of hydrogen-bond donors (Lipinski definition) is 0. The second-order valence-corrected chi connectivity index (χ2v) is 6.91. The van der Waals surface area contributed by atoms with Gasteiger partial charge in [0.25, 0.3) is 0 Å². The lowest BCUT2D eigenvalue weighted by molar-refractivity contribution is -0.143. The lowest BCUT2D eigenvalue weighted by Gasteiger charge is -2.02. The monoisotopic (exact) mass is 338 g/mol. The summed E-state index contributed by atoms with van der Waals surface area (Å²) in [4.78, 5) is 11.4. The van der Waals surface area contributed by atoms with Crippen molar-refractivity contribution < 1.29 is 9.53 Å². The van der Waals surface area contributed by atoms with E-state index in [4.69, 9.17) is 4.74 Å². The quantitative estimate of drug-likeness (QED) is 0.148. The molecule has 0 aliphatic heterocycles. The molecule has 0 fully saturated rings. The molecule has 0 unspecified atom stereocenters. The van der Waals surface area contributed by atoms with E-state index >= 15 is 0 Å². The van der Waals surface area contributed by atoms with Crippen LogP contribution in [0, 0.1) is 0 Å². The number of esters is 1. The van der Waals surface area contributed by atoms with Crippen LogP contribution in [0.3, 0.4) is 0 Å². The van der Waals surface area contributed by atoms with Crippen molar-refractivity contribution in [2.24, 2.45) is 0 Å². The average molecular weight is 339 g/mol. The number of carbonyl (C=O) groups excluding carboxylic acids is 1. The Bertz CT molecular complexity index is 284. The van der Waals surface area contributed by atoms with Gasteiger partial charge in [-0.1, -0.05) is 83.8 Å². The molecule has 0 aliphatic rings. The molecule has 2 nitrogen and oxygen atoms in total. The average Bonchev–Trinajstić information content (AvgIpc) is 2.58. The van der Waals surface area contributed by atoms with E-state index in [1.807, 2.05) is 0 Å². The largest absolute Gasteiger partial charge is 0.466 e. The normalized spacial score (nSPS) is 11.2. The molecule has 0 N–H and O–H groups in total. The van der Waals surface area contributed by atoms with Gasteiger partial charge >= 0.3 is 5.97 Å². The maximum atomic E-state index is 11.4. The number of unbranched alkanes of at least 4 members (excludes halogenated alkanes) is 12. The zero-order valence-electron chi connectivity index (χ0n) is 16.5. The summed E-state index contributed by atoms with van der Waals surface area (Å²) in [6.45, 7) is 4.97. The summed E-state index contributed by atoms with van der Waals surface area (Å²) < 4.78 is 5.14. The van der Waals surface area contributed by atoms with Crippen molar-refractivity contribution in [3.63, 3.8) is 0 Å². The molecule has 24 heavy (non-hydrogen) atoms. The second-order valence-electron chi connectivity index (χ2n) is 6.91. The van der Waals surface area contributed by atoms with Crippen LogP contribution in [0.2, 0.25) is 0 Å². The van der Waals surface area contributed by atoms with E-state index in [9.17, 15) is 4.79 Å². The Kier molecular flexibility index (Phi) is 19.6. The van der Waals surface area contributed by atoms with Gasteiger partial charge in [0.05, 0.1) is 6.61 Å². The lowest BCUT2D eigenvalue weighted by atomic mass is 10.1. The first kappa shape index (κ1) is 23.2. The molecule has 0 amide bonds. The molecule has 0 rings (SSSR count). The fraction of sp³-hybridized carbons (Fsp3) is 0.864. The third kappa shape index (κ3) is 19.3. The minimum absolute atomic E-state index is 0.0258. The predicted molar refractivity (Wildman–Crippen MR) is 105 cm³/mol. The molecule has 0 aromatic carbocycles. The maximum absolute atomic E-state index is 11.4. The Morgan fingerprint density at radius 2 is 1.17 bits per heavy atom. The van der Waals surface area contributed by atoms with E-state index in [2.05, 4.69) is 26.0 Å². The van der Waals surface area contributed by atoms with Crippen molar-refractivity contribution in [3.8, 4) is 0 Å². The van der Waals surface area contributed by atoms with Crippen LogP contribution in [0.1, 0.15) is 117 Å². The van der Waals surface area contributed by atoms with Crippen molar-refractivity contribution >= 4 is 5.97 Å². The summed E-state index contributed by atoms with van der Waals surface area (Å²) >= 11 is 0. The van der Waals surface area contributed by atoms with Gasteiger partial charge < -0.3 is 4.74 Å². The Balaban J connectivity index is 3.17. The molecule has 0 bridgehead atoms. The van der Waals surface area contributed by atoms with E-state index in [0.717, 1.165) is 32.1 Å². The Morgan fingerprint density at radius 1 is 0.667 bits per heavy atom. The summed E-state index contributed by atoms with van der Waals surface area (Å²) in [7, 11) is 0. The molecule has 0 saturated heterocycles. The minimum Gasteiger partial charge on any atom is -0.466 e. The fourth-order valence-corrected chi connectivity index (χ4v) is 2.74. The Hall–Kier alpha value is -0.790. The highest BCUT2D eigenvalue weighted by atomic mass is 16.5. The maximum Gasteiger partial charge on any atom is 0.305 e. The summed E-state index contributed by atoms with van der Waals surface area (Å²) in [5, 5.41) is 0. The van der Waals surface area contributed by atoms with Gasteiger partial charge in [-0.2, -0.15) is 0 Å². The zero-order chi connectivity index (χ0) is 17.7. The molecular weight excluding hydrogens is 296 g/mol. The Morgan fingerprint density at radius 3 is 1.75 bits per heavy atom. The third-order valence-corrected chi connectivity index (χ3v) is 4.40. The Labute approximate surface area is 151 Å². The van der Waals surface area contributed by atoms with E-state index in [-0.39, 0.29) is 5.97 Å². The van der Waals surface area contributed by atoms with E-state index < -0.39 is 0 Å². The van der Waals surface area contributed by atoms with Crippen LogP contribution >= 0.6 is 0 Å². The number of allylic oxidation sites excluding steroid dienone is 2. The van der Waals surface area contributed by atoms with Crippen molar-refractivity contribution in [1.82, 2.24) is 0 Å². The van der Waals surface area contributed by atoms with Crippen LogP contribution < -0.4 is 0 Å². The van der Waals surface area contributed by atoms with Crippen molar-refractivity contribution in [2.45, 2.75) is 117 Å². The molecule has 0 saturated carbocycles. The third-order valence-electron chi connectivity index (χ3n) is 4.40. The summed E-state index contributed by atoms with van der Waals surface area (Å²) in [5.41, 5.74) is 0. The van der Waals surface area contributed by atoms with E-state index in [0.29, 0.717) is 13.0 Å². The zero-order valence-corrected chi connectivity index (χ0v) is 16.5. The van der Waals surface area contributed by atoms with Gasteiger partial charge in [-0.05, 0) is 38.5 Å². The number of hydrogen-bond acceptors (Lipinski definition) is 2. The number of rotatable bonds is 18. The second kappa shape index (κ2) is 20.3. The van der Waals surface area contributed by atoms with Crippen LogP contribution in [0.25, 0.3) is 0 Å². The summed E-state index contributed by atoms with van der Waals surface area (Å²) in [6, 6.07) is 0.